The lowest BCUT2D eigenvalue weighted by molar-refractivity contribution is -0.131. The van der Waals surface area contributed by atoms with Crippen molar-refractivity contribution in [2.75, 3.05) is 6.54 Å². The summed E-state index contributed by atoms with van der Waals surface area (Å²) in [6.45, 7) is 9.98. The number of aromatic amines is 1. The number of alkyl halides is 1. The molecule has 0 radical (unpaired) electrons. The molecule has 150 valence electrons. The number of H-pyrrole nitrogens is 1. The van der Waals surface area contributed by atoms with Crippen molar-refractivity contribution >= 4 is 16.9 Å². The molecule has 4 nitrogen and oxygen atoms in total. The van der Waals surface area contributed by atoms with Crippen molar-refractivity contribution < 1.29 is 14.3 Å². The first-order chi connectivity index (χ1) is 13.2. The van der Waals surface area contributed by atoms with Gasteiger partial charge in [0, 0.05) is 35.3 Å². The van der Waals surface area contributed by atoms with Crippen molar-refractivity contribution in [2.24, 2.45) is 0 Å². The van der Waals surface area contributed by atoms with Gasteiger partial charge < -0.3 is 10.1 Å². The molecule has 1 aromatic heterocycles. The summed E-state index contributed by atoms with van der Waals surface area (Å²) in [5.74, 6) is -0.949. The zero-order valence-electron chi connectivity index (χ0n) is 16.8. The Morgan fingerprint density at radius 1 is 1.43 bits per heavy atom. The Balaban J connectivity index is 1.97. The molecule has 2 atom stereocenters. The number of benzene rings is 1. The highest BCUT2D eigenvalue weighted by Crippen LogP contribution is 2.42. The molecule has 0 saturated carbocycles. The van der Waals surface area contributed by atoms with Crippen molar-refractivity contribution in [3.05, 3.63) is 59.8 Å². The van der Waals surface area contributed by atoms with Gasteiger partial charge in [-0.25, -0.2) is 9.18 Å². The Bertz CT molecular complexity index is 907. The van der Waals surface area contributed by atoms with Crippen LogP contribution in [0.5, 0.6) is 0 Å². The van der Waals surface area contributed by atoms with Gasteiger partial charge in [-0.05, 0) is 51.7 Å². The van der Waals surface area contributed by atoms with Gasteiger partial charge in [-0.2, -0.15) is 0 Å². The largest absolute Gasteiger partial charge is 0.478 e. The molecular formula is C23H29FN2O2. The maximum Gasteiger partial charge on any atom is 0.327 e. The van der Waals surface area contributed by atoms with Gasteiger partial charge >= 0.3 is 5.97 Å². The molecular weight excluding hydrogens is 355 g/mol. The van der Waals surface area contributed by atoms with Crippen LogP contribution in [0.1, 0.15) is 50.9 Å². The van der Waals surface area contributed by atoms with Crippen molar-refractivity contribution in [1.82, 2.24) is 9.88 Å². The second-order valence-corrected chi connectivity index (χ2v) is 8.35. The SMILES string of the molecule is C=C(CC/C=C/C(=O)O)C1c2[nH]c3ccccc3c2CC(C)N1CC(C)(C)F. The van der Waals surface area contributed by atoms with E-state index in [1.807, 2.05) is 12.1 Å². The molecule has 2 heterocycles. The molecule has 0 amide bonds. The number of nitrogens with zero attached hydrogens (tertiary/aromatic N) is 1. The summed E-state index contributed by atoms with van der Waals surface area (Å²) in [7, 11) is 0. The number of halogens is 1. The predicted molar refractivity (Wildman–Crippen MR) is 111 cm³/mol. The number of aromatic nitrogens is 1. The van der Waals surface area contributed by atoms with Crippen LogP contribution in [-0.2, 0) is 11.2 Å². The Morgan fingerprint density at radius 3 is 2.82 bits per heavy atom. The number of para-hydroxylation sites is 1. The number of carboxylic acids is 1. The number of carboxylic acid groups (broad SMARTS) is 1. The van der Waals surface area contributed by atoms with Gasteiger partial charge in [0.2, 0.25) is 0 Å². The number of rotatable bonds is 7. The first kappa shape index (κ1) is 20.3. The van der Waals surface area contributed by atoms with E-state index in [9.17, 15) is 9.18 Å². The quantitative estimate of drug-likeness (QED) is 0.511. The summed E-state index contributed by atoms with van der Waals surface area (Å²) in [6, 6.07) is 8.31. The summed E-state index contributed by atoms with van der Waals surface area (Å²) >= 11 is 0. The third kappa shape index (κ3) is 4.36. The number of hydrogen-bond acceptors (Lipinski definition) is 2. The monoisotopic (exact) mass is 384 g/mol. The number of allylic oxidation sites excluding steroid dienone is 1. The van der Waals surface area contributed by atoms with Crippen LogP contribution in [0.15, 0.2) is 48.6 Å². The fraction of sp³-hybridized carbons (Fsp3) is 0.435. The van der Waals surface area contributed by atoms with E-state index in [0.29, 0.717) is 19.4 Å². The van der Waals surface area contributed by atoms with Crippen molar-refractivity contribution in [3.63, 3.8) is 0 Å². The number of hydrogen-bond donors (Lipinski definition) is 2. The normalized spacial score (nSPS) is 20.6. The zero-order chi connectivity index (χ0) is 20.5. The molecule has 0 aliphatic carbocycles. The van der Waals surface area contributed by atoms with Gasteiger partial charge in [-0.15, -0.1) is 0 Å². The average molecular weight is 384 g/mol. The maximum atomic E-state index is 14.6. The first-order valence-corrected chi connectivity index (χ1v) is 9.78. The highest BCUT2D eigenvalue weighted by Gasteiger charge is 2.38. The van der Waals surface area contributed by atoms with E-state index in [1.165, 1.54) is 10.9 Å². The van der Waals surface area contributed by atoms with Crippen LogP contribution >= 0.6 is 0 Å². The molecule has 0 fully saturated rings. The number of fused-ring (bicyclic) bond motifs is 3. The van der Waals surface area contributed by atoms with Gasteiger partial charge in [-0.3, -0.25) is 4.90 Å². The topological polar surface area (TPSA) is 56.3 Å². The van der Waals surface area contributed by atoms with E-state index >= 15 is 0 Å². The Kier molecular flexibility index (Phi) is 5.75. The molecule has 3 rings (SSSR count). The zero-order valence-corrected chi connectivity index (χ0v) is 16.8. The fourth-order valence-electron chi connectivity index (χ4n) is 4.22. The predicted octanol–water partition coefficient (Wildman–Crippen LogP) is 5.18. The molecule has 2 N–H and O–H groups in total. The minimum absolute atomic E-state index is 0.112. The highest BCUT2D eigenvalue weighted by molar-refractivity contribution is 5.85. The molecule has 1 aliphatic rings. The van der Waals surface area contributed by atoms with Crippen molar-refractivity contribution in [1.29, 1.82) is 0 Å². The molecule has 2 aromatic rings. The van der Waals surface area contributed by atoms with Crippen LogP contribution in [0, 0.1) is 0 Å². The number of nitrogens with one attached hydrogen (secondary N) is 1. The lowest BCUT2D eigenvalue weighted by atomic mass is 9.86. The summed E-state index contributed by atoms with van der Waals surface area (Å²) < 4.78 is 14.6. The Hall–Kier alpha value is -2.40. The summed E-state index contributed by atoms with van der Waals surface area (Å²) in [5.41, 5.74) is 3.11. The molecule has 5 heteroatoms. The molecule has 0 spiro atoms. The van der Waals surface area contributed by atoms with Gasteiger partial charge in [0.15, 0.2) is 0 Å². The molecule has 0 saturated heterocycles. The summed E-state index contributed by atoms with van der Waals surface area (Å²) in [5, 5.41) is 9.99. The molecule has 0 bridgehead atoms. The summed E-state index contributed by atoms with van der Waals surface area (Å²) in [4.78, 5) is 16.4. The second-order valence-electron chi connectivity index (χ2n) is 8.35. The smallest absolute Gasteiger partial charge is 0.327 e. The van der Waals surface area contributed by atoms with Gasteiger partial charge in [0.25, 0.3) is 0 Å². The minimum Gasteiger partial charge on any atom is -0.478 e. The van der Waals surface area contributed by atoms with Crippen LogP contribution in [0.25, 0.3) is 10.9 Å². The van der Waals surface area contributed by atoms with Crippen LogP contribution in [-0.4, -0.2) is 39.2 Å². The standard InChI is InChI=1S/C23H29FN2O2/c1-15(9-5-8-12-20(27)28)22-21-18(17-10-6-7-11-19(17)25-21)13-16(2)26(22)14-23(3,4)24/h6-8,10-12,16,22,25H,1,5,9,13-14H2,2-4H3,(H,27,28)/b12-8+. The van der Waals surface area contributed by atoms with E-state index in [4.69, 9.17) is 5.11 Å². The minimum atomic E-state index is -1.32. The van der Waals surface area contributed by atoms with Crippen LogP contribution in [0.4, 0.5) is 4.39 Å². The van der Waals surface area contributed by atoms with Crippen LogP contribution in [0.2, 0.25) is 0 Å². The van der Waals surface area contributed by atoms with E-state index in [0.717, 1.165) is 29.3 Å². The Morgan fingerprint density at radius 2 is 2.14 bits per heavy atom. The van der Waals surface area contributed by atoms with Crippen LogP contribution in [0.3, 0.4) is 0 Å². The Labute approximate surface area is 165 Å². The van der Waals surface area contributed by atoms with Crippen molar-refractivity contribution in [3.8, 4) is 0 Å². The molecule has 2 unspecified atom stereocenters. The number of carbonyl (C=O) groups is 1. The third-order valence-electron chi connectivity index (χ3n) is 5.36. The van der Waals surface area contributed by atoms with Gasteiger partial charge in [0.1, 0.15) is 5.67 Å². The number of aliphatic carboxylic acids is 1. The molecule has 28 heavy (non-hydrogen) atoms. The lowest BCUT2D eigenvalue weighted by Gasteiger charge is -2.43. The summed E-state index contributed by atoms with van der Waals surface area (Å²) in [6.07, 6.45) is 4.92. The van der Waals surface area contributed by atoms with E-state index < -0.39 is 11.6 Å². The molecule has 1 aliphatic heterocycles. The average Bonchev–Trinajstić information content (AvgIpc) is 2.96. The van der Waals surface area contributed by atoms with Gasteiger partial charge in [0.05, 0.1) is 6.04 Å². The first-order valence-electron chi connectivity index (χ1n) is 9.78. The van der Waals surface area contributed by atoms with E-state index in [2.05, 4.69) is 35.5 Å². The van der Waals surface area contributed by atoms with Crippen molar-refractivity contribution in [2.45, 2.75) is 57.8 Å². The van der Waals surface area contributed by atoms with E-state index in [-0.39, 0.29) is 12.1 Å². The fourth-order valence-corrected chi connectivity index (χ4v) is 4.22. The maximum absolute atomic E-state index is 14.6. The van der Waals surface area contributed by atoms with Gasteiger partial charge in [-0.1, -0.05) is 36.4 Å². The lowest BCUT2D eigenvalue weighted by Crippen LogP contribution is -2.47. The molecule has 1 aromatic carbocycles. The highest BCUT2D eigenvalue weighted by atomic mass is 19.1. The van der Waals surface area contributed by atoms with Crippen LogP contribution < -0.4 is 0 Å². The van der Waals surface area contributed by atoms with E-state index in [1.54, 1.807) is 19.9 Å². The second kappa shape index (κ2) is 7.92. The third-order valence-corrected chi connectivity index (χ3v) is 5.36.